The van der Waals surface area contributed by atoms with Crippen molar-refractivity contribution in [2.45, 2.75) is 30.9 Å². The molecule has 6 rings (SSSR count). The van der Waals surface area contributed by atoms with Crippen LogP contribution < -0.4 is 10.5 Å². The van der Waals surface area contributed by atoms with Gasteiger partial charge in [-0.1, -0.05) is 18.2 Å². The molecule has 2 N–H and O–H groups in total. The number of ether oxygens (including phenoxy) is 2. The van der Waals surface area contributed by atoms with Crippen molar-refractivity contribution in [1.82, 2.24) is 24.6 Å². The molecule has 1 spiro atoms. The van der Waals surface area contributed by atoms with Crippen molar-refractivity contribution >= 4 is 34.4 Å². The van der Waals surface area contributed by atoms with E-state index in [0.717, 1.165) is 24.8 Å². The summed E-state index contributed by atoms with van der Waals surface area (Å²) in [6.45, 7) is 5.43. The fourth-order valence-electron chi connectivity index (χ4n) is 5.36. The Bertz CT molecular complexity index is 1490. The van der Waals surface area contributed by atoms with Crippen molar-refractivity contribution in [3.63, 3.8) is 0 Å². The first-order valence-corrected chi connectivity index (χ1v) is 12.9. The van der Waals surface area contributed by atoms with Crippen molar-refractivity contribution in [3.8, 4) is 22.8 Å². The topological polar surface area (TPSA) is 108 Å². The van der Waals surface area contributed by atoms with E-state index in [2.05, 4.69) is 16.5 Å². The number of benzene rings is 2. The van der Waals surface area contributed by atoms with Gasteiger partial charge in [-0.15, -0.1) is 0 Å². The normalized spacial score (nSPS) is 18.7. The first-order valence-electron chi connectivity index (χ1n) is 12.5. The zero-order valence-corrected chi connectivity index (χ0v) is 21.5. The molecule has 2 saturated heterocycles. The maximum absolute atomic E-state index is 12.0. The maximum Gasteiger partial charge on any atom is 0.245 e. The SMILES string of the molecule is C=CC(=O)N1CCC2(CC1)CC(n1nc(-c3ccc(Oc4ccc(Cl)cc4)cc3)c3c(N)ncnc31)CO2. The van der Waals surface area contributed by atoms with Gasteiger partial charge in [0.25, 0.3) is 0 Å². The first kappa shape index (κ1) is 24.4. The molecule has 2 aromatic heterocycles. The number of hydrogen-bond donors (Lipinski definition) is 1. The van der Waals surface area contributed by atoms with Gasteiger partial charge in [0, 0.05) is 30.1 Å². The number of nitrogens with zero attached hydrogens (tertiary/aromatic N) is 5. The number of aromatic nitrogens is 4. The van der Waals surface area contributed by atoms with Crippen LogP contribution >= 0.6 is 11.6 Å². The Morgan fingerprint density at radius 3 is 2.47 bits per heavy atom. The number of nitrogens with two attached hydrogens (primary N) is 1. The van der Waals surface area contributed by atoms with Crippen molar-refractivity contribution < 1.29 is 14.3 Å². The molecular formula is C28H27ClN6O3. The van der Waals surface area contributed by atoms with Crippen LogP contribution in [0.5, 0.6) is 11.5 Å². The van der Waals surface area contributed by atoms with Crippen LogP contribution in [0.2, 0.25) is 5.02 Å². The predicted octanol–water partition coefficient (Wildman–Crippen LogP) is 5.03. The molecule has 2 aliphatic heterocycles. The lowest BCUT2D eigenvalue weighted by molar-refractivity contribution is -0.130. The number of piperidine rings is 1. The third kappa shape index (κ3) is 4.48. The number of likely N-dealkylation sites (tertiary alicyclic amines) is 1. The summed E-state index contributed by atoms with van der Waals surface area (Å²) in [6, 6.07) is 14.9. The van der Waals surface area contributed by atoms with Gasteiger partial charge in [-0.25, -0.2) is 14.6 Å². The van der Waals surface area contributed by atoms with Crippen molar-refractivity contribution in [1.29, 1.82) is 0 Å². The van der Waals surface area contributed by atoms with Crippen LogP contribution in [0.15, 0.2) is 67.5 Å². The molecule has 194 valence electrons. The summed E-state index contributed by atoms with van der Waals surface area (Å²) < 4.78 is 14.2. The molecule has 38 heavy (non-hydrogen) atoms. The second-order valence-electron chi connectivity index (χ2n) is 9.71. The summed E-state index contributed by atoms with van der Waals surface area (Å²) in [7, 11) is 0. The second kappa shape index (κ2) is 9.74. The van der Waals surface area contributed by atoms with Gasteiger partial charge in [0.15, 0.2) is 5.65 Å². The van der Waals surface area contributed by atoms with Gasteiger partial charge in [0.1, 0.15) is 29.3 Å². The fourth-order valence-corrected chi connectivity index (χ4v) is 5.49. The van der Waals surface area contributed by atoms with Gasteiger partial charge in [0.2, 0.25) is 5.91 Å². The highest BCUT2D eigenvalue weighted by Crippen LogP contribution is 2.42. The summed E-state index contributed by atoms with van der Waals surface area (Å²) in [4.78, 5) is 22.6. The summed E-state index contributed by atoms with van der Waals surface area (Å²) in [5.41, 5.74) is 8.32. The molecule has 0 saturated carbocycles. The van der Waals surface area contributed by atoms with E-state index >= 15 is 0 Å². The lowest BCUT2D eigenvalue weighted by atomic mass is 9.87. The van der Waals surface area contributed by atoms with Crippen molar-refractivity contribution in [2.24, 2.45) is 0 Å². The summed E-state index contributed by atoms with van der Waals surface area (Å²) in [6.07, 6.45) is 5.18. The van der Waals surface area contributed by atoms with E-state index in [4.69, 9.17) is 31.9 Å². The van der Waals surface area contributed by atoms with Gasteiger partial charge in [0.05, 0.1) is 23.6 Å². The molecule has 0 bridgehead atoms. The van der Waals surface area contributed by atoms with E-state index in [9.17, 15) is 4.79 Å². The molecule has 1 atom stereocenters. The highest BCUT2D eigenvalue weighted by Gasteiger charge is 2.44. The van der Waals surface area contributed by atoms with Gasteiger partial charge in [-0.2, -0.15) is 5.10 Å². The molecule has 1 amide bonds. The smallest absolute Gasteiger partial charge is 0.245 e. The van der Waals surface area contributed by atoms with Crippen LogP contribution in [0.4, 0.5) is 5.82 Å². The molecule has 2 fully saturated rings. The zero-order chi connectivity index (χ0) is 26.3. The Morgan fingerprint density at radius 2 is 1.79 bits per heavy atom. The predicted molar refractivity (Wildman–Crippen MR) is 145 cm³/mol. The highest BCUT2D eigenvalue weighted by molar-refractivity contribution is 6.30. The number of carbonyl (C=O) groups is 1. The quantitative estimate of drug-likeness (QED) is 0.360. The fraction of sp³-hybridized carbons (Fsp3) is 0.286. The van der Waals surface area contributed by atoms with Crippen LogP contribution in [0.1, 0.15) is 25.3 Å². The maximum atomic E-state index is 12.0. The van der Waals surface area contributed by atoms with E-state index in [1.807, 2.05) is 46.0 Å². The van der Waals surface area contributed by atoms with Gasteiger partial charge >= 0.3 is 0 Å². The largest absolute Gasteiger partial charge is 0.457 e. The molecule has 2 aliphatic rings. The van der Waals surface area contributed by atoms with E-state index in [0.29, 0.717) is 58.8 Å². The minimum absolute atomic E-state index is 0.00489. The van der Waals surface area contributed by atoms with E-state index in [1.54, 1.807) is 12.1 Å². The number of rotatable bonds is 5. The lowest BCUT2D eigenvalue weighted by Gasteiger charge is -2.38. The Morgan fingerprint density at radius 1 is 1.11 bits per heavy atom. The van der Waals surface area contributed by atoms with Crippen molar-refractivity contribution in [3.05, 3.63) is 72.5 Å². The standard InChI is InChI=1S/C28H27ClN6O3/c1-2-23(36)34-13-11-28(12-14-34)15-20(16-37-28)35-27-24(26(30)31-17-32-27)25(33-35)18-3-7-21(8-4-18)38-22-9-5-19(29)6-10-22/h2-10,17,20H,1,11-16H2,(H2,30,31,32). The Kier molecular flexibility index (Phi) is 6.25. The van der Waals surface area contributed by atoms with Crippen LogP contribution in [-0.2, 0) is 9.53 Å². The molecular weight excluding hydrogens is 504 g/mol. The summed E-state index contributed by atoms with van der Waals surface area (Å²) in [5.74, 6) is 1.73. The monoisotopic (exact) mass is 530 g/mol. The van der Waals surface area contributed by atoms with Crippen LogP contribution in [-0.4, -0.2) is 55.9 Å². The minimum atomic E-state index is -0.277. The van der Waals surface area contributed by atoms with Crippen LogP contribution in [0, 0.1) is 0 Å². The number of carbonyl (C=O) groups excluding carboxylic acids is 1. The number of halogens is 1. The molecule has 2 aromatic carbocycles. The molecule has 9 nitrogen and oxygen atoms in total. The molecule has 0 radical (unpaired) electrons. The molecule has 4 aromatic rings. The van der Waals surface area contributed by atoms with E-state index in [-0.39, 0.29) is 17.6 Å². The zero-order valence-electron chi connectivity index (χ0n) is 20.7. The Hall–Kier alpha value is -3.95. The first-order chi connectivity index (χ1) is 18.4. The number of amides is 1. The second-order valence-corrected chi connectivity index (χ2v) is 10.1. The molecule has 10 heteroatoms. The third-order valence-electron chi connectivity index (χ3n) is 7.39. The van der Waals surface area contributed by atoms with Gasteiger partial charge < -0.3 is 20.1 Å². The summed E-state index contributed by atoms with van der Waals surface area (Å²) in [5, 5.41) is 6.35. The third-order valence-corrected chi connectivity index (χ3v) is 7.64. The van der Waals surface area contributed by atoms with Gasteiger partial charge in [-0.05, 0) is 67.4 Å². The number of anilines is 1. The van der Waals surface area contributed by atoms with E-state index < -0.39 is 0 Å². The highest BCUT2D eigenvalue weighted by atomic mass is 35.5. The van der Waals surface area contributed by atoms with Crippen LogP contribution in [0.3, 0.4) is 0 Å². The molecule has 0 aliphatic carbocycles. The Labute approximate surface area is 224 Å². The average Bonchev–Trinajstić information content (AvgIpc) is 3.53. The number of nitrogen functional groups attached to an aromatic ring is 1. The minimum Gasteiger partial charge on any atom is -0.457 e. The number of hydrogen-bond acceptors (Lipinski definition) is 7. The molecule has 4 heterocycles. The molecule has 1 unspecified atom stereocenters. The van der Waals surface area contributed by atoms with Gasteiger partial charge in [-0.3, -0.25) is 4.79 Å². The lowest BCUT2D eigenvalue weighted by Crippen LogP contribution is -2.46. The Balaban J connectivity index is 1.26. The average molecular weight is 531 g/mol. The van der Waals surface area contributed by atoms with Crippen molar-refractivity contribution in [2.75, 3.05) is 25.4 Å². The van der Waals surface area contributed by atoms with E-state index in [1.165, 1.54) is 12.4 Å². The van der Waals surface area contributed by atoms with Crippen LogP contribution in [0.25, 0.3) is 22.3 Å². The summed E-state index contributed by atoms with van der Waals surface area (Å²) >= 11 is 5.97. The number of fused-ring (bicyclic) bond motifs is 1.